The molecule has 2 aromatic rings. The van der Waals surface area contributed by atoms with Gasteiger partial charge in [-0.15, -0.1) is 6.42 Å². The minimum atomic E-state index is -0.228. The van der Waals surface area contributed by atoms with Crippen molar-refractivity contribution in [2.45, 2.75) is 19.9 Å². The fourth-order valence-corrected chi connectivity index (χ4v) is 2.44. The number of aromatic nitrogens is 2. The molecule has 0 atom stereocenters. The molecule has 1 aromatic carbocycles. The molecule has 0 unspecified atom stereocenters. The van der Waals surface area contributed by atoms with Gasteiger partial charge in [-0.1, -0.05) is 35.7 Å². The molecule has 1 heterocycles. The summed E-state index contributed by atoms with van der Waals surface area (Å²) >= 11 is 3.29. The molecule has 108 valence electrons. The molecule has 0 amide bonds. The van der Waals surface area contributed by atoms with Crippen LogP contribution in [-0.4, -0.2) is 16.3 Å². The molecule has 5 heteroatoms. The van der Waals surface area contributed by atoms with Gasteiger partial charge in [0, 0.05) is 6.54 Å². The van der Waals surface area contributed by atoms with Crippen molar-refractivity contribution in [1.29, 1.82) is 0 Å². The molecule has 0 spiro atoms. The quantitative estimate of drug-likeness (QED) is 0.847. The minimum Gasteiger partial charge on any atom is -0.382 e. The fourth-order valence-electron chi connectivity index (χ4n) is 2.00. The molecule has 0 radical (unpaired) electrons. The molecule has 0 aliphatic heterocycles. The van der Waals surface area contributed by atoms with E-state index >= 15 is 0 Å². The first-order valence-corrected chi connectivity index (χ1v) is 7.39. The van der Waals surface area contributed by atoms with Crippen LogP contribution in [0.15, 0.2) is 39.7 Å². The van der Waals surface area contributed by atoms with Crippen LogP contribution in [0.25, 0.3) is 0 Å². The monoisotopic (exact) mass is 345 g/mol. The number of halogens is 1. The number of nitrogens with one attached hydrogen (secondary N) is 1. The Hall–Kier alpha value is -2.06. The third kappa shape index (κ3) is 3.96. The van der Waals surface area contributed by atoms with Gasteiger partial charge in [0.1, 0.15) is 11.0 Å². The molecule has 21 heavy (non-hydrogen) atoms. The van der Waals surface area contributed by atoms with Crippen LogP contribution < -0.4 is 10.9 Å². The third-order valence-corrected chi connectivity index (χ3v) is 3.80. The molecule has 1 aromatic heterocycles. The van der Waals surface area contributed by atoms with Gasteiger partial charge in [-0.2, -0.15) is 5.10 Å². The molecule has 0 bridgehead atoms. The highest BCUT2D eigenvalue weighted by atomic mass is 79.9. The normalized spacial score (nSPS) is 10.1. The zero-order valence-electron chi connectivity index (χ0n) is 11.8. The van der Waals surface area contributed by atoms with E-state index in [0.29, 0.717) is 10.2 Å². The van der Waals surface area contributed by atoms with E-state index < -0.39 is 0 Å². The number of anilines is 1. The molecule has 2 rings (SSSR count). The van der Waals surface area contributed by atoms with Crippen LogP contribution in [0.1, 0.15) is 11.1 Å². The molecule has 0 aliphatic carbocycles. The molecule has 4 nitrogen and oxygen atoms in total. The van der Waals surface area contributed by atoms with E-state index in [1.165, 1.54) is 15.8 Å². The van der Waals surface area contributed by atoms with Gasteiger partial charge < -0.3 is 5.32 Å². The number of terminal acetylenes is 1. The lowest BCUT2D eigenvalue weighted by Gasteiger charge is -2.09. The Morgan fingerprint density at radius 1 is 1.48 bits per heavy atom. The summed E-state index contributed by atoms with van der Waals surface area (Å²) in [5.41, 5.74) is 2.95. The maximum Gasteiger partial charge on any atom is 0.284 e. The number of benzene rings is 1. The van der Waals surface area contributed by atoms with Gasteiger partial charge in [-0.05, 0) is 34.8 Å². The summed E-state index contributed by atoms with van der Waals surface area (Å²) in [4.78, 5) is 12.0. The summed E-state index contributed by atoms with van der Waals surface area (Å²) in [5.74, 6) is 2.40. The van der Waals surface area contributed by atoms with E-state index in [2.05, 4.69) is 57.4 Å². The fraction of sp³-hybridized carbons (Fsp3) is 0.250. The van der Waals surface area contributed by atoms with Gasteiger partial charge in [-0.25, -0.2) is 4.68 Å². The highest BCUT2D eigenvalue weighted by Crippen LogP contribution is 2.16. The molecular formula is C16H16BrN3O. The maximum atomic E-state index is 12.0. The summed E-state index contributed by atoms with van der Waals surface area (Å²) in [6.45, 7) is 2.96. The Morgan fingerprint density at radius 3 is 3.00 bits per heavy atom. The maximum absolute atomic E-state index is 12.0. The zero-order valence-corrected chi connectivity index (χ0v) is 13.4. The first-order valence-electron chi connectivity index (χ1n) is 6.60. The minimum absolute atomic E-state index is 0.168. The van der Waals surface area contributed by atoms with Crippen molar-refractivity contribution < 1.29 is 0 Å². The second-order valence-electron chi connectivity index (χ2n) is 4.70. The van der Waals surface area contributed by atoms with Crippen molar-refractivity contribution in [1.82, 2.24) is 9.78 Å². The highest BCUT2D eigenvalue weighted by molar-refractivity contribution is 9.10. The van der Waals surface area contributed by atoms with Crippen molar-refractivity contribution >= 4 is 21.6 Å². The lowest BCUT2D eigenvalue weighted by molar-refractivity contribution is 0.659. The predicted octanol–water partition coefficient (Wildman–Crippen LogP) is 2.60. The Bertz CT molecular complexity index is 731. The Balaban J connectivity index is 2.03. The van der Waals surface area contributed by atoms with Crippen molar-refractivity contribution in [2.75, 3.05) is 11.9 Å². The number of aryl methyl sites for hydroxylation is 1. The Morgan fingerprint density at radius 2 is 2.29 bits per heavy atom. The second kappa shape index (κ2) is 7.09. The predicted molar refractivity (Wildman–Crippen MR) is 88.4 cm³/mol. The van der Waals surface area contributed by atoms with Crippen molar-refractivity contribution in [3.8, 4) is 12.3 Å². The Kier molecular flexibility index (Phi) is 5.18. The first-order chi connectivity index (χ1) is 10.1. The number of hydrogen-bond donors (Lipinski definition) is 1. The van der Waals surface area contributed by atoms with E-state index in [-0.39, 0.29) is 12.1 Å². The molecule has 0 aliphatic rings. The van der Waals surface area contributed by atoms with Gasteiger partial charge in [-0.3, -0.25) is 4.79 Å². The molecular weight excluding hydrogens is 330 g/mol. The summed E-state index contributed by atoms with van der Waals surface area (Å²) in [5, 5.41) is 7.25. The van der Waals surface area contributed by atoms with E-state index in [0.717, 1.165) is 13.0 Å². The summed E-state index contributed by atoms with van der Waals surface area (Å²) in [6.07, 6.45) is 7.68. The lowest BCUT2D eigenvalue weighted by atomic mass is 10.1. The van der Waals surface area contributed by atoms with E-state index in [1.807, 2.05) is 6.07 Å². The standard InChI is InChI=1S/C16H16BrN3O/c1-3-9-20-16(21)15(17)14(11-19-20)18-8-7-13-6-4-5-12(2)10-13/h1,4-6,10-11,18H,7-9H2,2H3. The van der Waals surface area contributed by atoms with E-state index in [4.69, 9.17) is 6.42 Å². The summed E-state index contributed by atoms with van der Waals surface area (Å²) in [6, 6.07) is 8.36. The third-order valence-electron chi connectivity index (χ3n) is 3.04. The van der Waals surface area contributed by atoms with Crippen LogP contribution >= 0.6 is 15.9 Å². The lowest BCUT2D eigenvalue weighted by Crippen LogP contribution is -2.24. The summed E-state index contributed by atoms with van der Waals surface area (Å²) in [7, 11) is 0. The van der Waals surface area contributed by atoms with Crippen molar-refractivity contribution in [3.63, 3.8) is 0 Å². The van der Waals surface area contributed by atoms with Crippen LogP contribution in [0.3, 0.4) is 0 Å². The molecule has 1 N–H and O–H groups in total. The first kappa shape index (κ1) is 15.3. The number of rotatable bonds is 5. The molecule has 0 saturated carbocycles. The molecule has 0 saturated heterocycles. The van der Waals surface area contributed by atoms with Crippen molar-refractivity contribution in [2.24, 2.45) is 0 Å². The van der Waals surface area contributed by atoms with Crippen LogP contribution in [-0.2, 0) is 13.0 Å². The van der Waals surface area contributed by atoms with Gasteiger partial charge >= 0.3 is 0 Å². The van der Waals surface area contributed by atoms with Gasteiger partial charge in [0.2, 0.25) is 0 Å². The van der Waals surface area contributed by atoms with Crippen LogP contribution in [0.5, 0.6) is 0 Å². The average molecular weight is 346 g/mol. The van der Waals surface area contributed by atoms with Crippen molar-refractivity contribution in [3.05, 3.63) is 56.4 Å². The van der Waals surface area contributed by atoms with E-state index in [1.54, 1.807) is 6.20 Å². The number of nitrogens with zero attached hydrogens (tertiary/aromatic N) is 2. The van der Waals surface area contributed by atoms with Gasteiger partial charge in [0.05, 0.1) is 11.9 Å². The zero-order chi connectivity index (χ0) is 15.2. The Labute approximate surface area is 132 Å². The van der Waals surface area contributed by atoms with E-state index in [9.17, 15) is 4.79 Å². The van der Waals surface area contributed by atoms with Gasteiger partial charge in [0.25, 0.3) is 5.56 Å². The topological polar surface area (TPSA) is 46.9 Å². The van der Waals surface area contributed by atoms with Gasteiger partial charge in [0.15, 0.2) is 0 Å². The van der Waals surface area contributed by atoms with Crippen LogP contribution in [0.4, 0.5) is 5.69 Å². The largest absolute Gasteiger partial charge is 0.382 e. The second-order valence-corrected chi connectivity index (χ2v) is 5.50. The highest BCUT2D eigenvalue weighted by Gasteiger charge is 2.07. The number of hydrogen-bond acceptors (Lipinski definition) is 3. The SMILES string of the molecule is C#CCn1ncc(NCCc2cccc(C)c2)c(Br)c1=O. The molecule has 0 fully saturated rings. The van der Waals surface area contributed by atoms with Crippen LogP contribution in [0.2, 0.25) is 0 Å². The van der Waals surface area contributed by atoms with Crippen LogP contribution in [0, 0.1) is 19.3 Å². The smallest absolute Gasteiger partial charge is 0.284 e. The summed E-state index contributed by atoms with van der Waals surface area (Å²) < 4.78 is 1.70. The average Bonchev–Trinajstić information content (AvgIpc) is 2.47.